The molecule has 0 bridgehead atoms. The third-order valence-corrected chi connectivity index (χ3v) is 4.73. The fourth-order valence-electron chi connectivity index (χ4n) is 3.18. The Morgan fingerprint density at radius 3 is 2.60 bits per heavy atom. The Balaban J connectivity index is 1.39. The second kappa shape index (κ2) is 8.16. The number of aromatic nitrogens is 2. The summed E-state index contributed by atoms with van der Waals surface area (Å²) in [6.07, 6.45) is -0.771. The summed E-state index contributed by atoms with van der Waals surface area (Å²) in [6.45, 7) is 1.31. The molecule has 1 amide bonds. The molecule has 0 unspecified atom stereocenters. The van der Waals surface area contributed by atoms with Gasteiger partial charge in [-0.05, 0) is 42.0 Å². The smallest absolute Gasteiger partial charge is 0.326 e. The van der Waals surface area contributed by atoms with Crippen LogP contribution in [0.1, 0.15) is 29.2 Å². The fourth-order valence-corrected chi connectivity index (χ4v) is 3.18. The zero-order valence-corrected chi connectivity index (χ0v) is 16.2. The van der Waals surface area contributed by atoms with Gasteiger partial charge in [-0.1, -0.05) is 42.5 Å². The van der Waals surface area contributed by atoms with Crippen molar-refractivity contribution in [2.24, 2.45) is 0 Å². The highest BCUT2D eigenvalue weighted by Gasteiger charge is 2.16. The number of carbonyl (C=O) groups is 2. The van der Waals surface area contributed by atoms with E-state index < -0.39 is 12.1 Å². The molecule has 0 aliphatic carbocycles. The molecule has 0 saturated heterocycles. The van der Waals surface area contributed by atoms with Gasteiger partial charge in [0.1, 0.15) is 6.54 Å². The predicted molar refractivity (Wildman–Crippen MR) is 113 cm³/mol. The molecule has 0 aliphatic rings. The summed E-state index contributed by atoms with van der Waals surface area (Å²) >= 11 is 0. The highest BCUT2D eigenvalue weighted by molar-refractivity contribution is 5.99. The molecule has 4 aromatic rings. The van der Waals surface area contributed by atoms with E-state index in [-0.39, 0.29) is 23.8 Å². The Bertz CT molecular complexity index is 1310. The number of para-hydroxylation sites is 1. The Morgan fingerprint density at radius 2 is 1.77 bits per heavy atom. The summed E-state index contributed by atoms with van der Waals surface area (Å²) in [5, 5.41) is 4.98. The van der Waals surface area contributed by atoms with Gasteiger partial charge < -0.3 is 15.0 Å². The largest absolute Gasteiger partial charge is 0.453 e. The molecule has 7 nitrogen and oxygen atoms in total. The van der Waals surface area contributed by atoms with Crippen LogP contribution in [-0.4, -0.2) is 28.4 Å². The number of rotatable bonds is 5. The molecule has 30 heavy (non-hydrogen) atoms. The maximum atomic E-state index is 12.4. The number of esters is 1. The van der Waals surface area contributed by atoms with Crippen molar-refractivity contribution >= 4 is 33.6 Å². The van der Waals surface area contributed by atoms with E-state index in [1.807, 2.05) is 30.3 Å². The fraction of sp³-hybridized carbons (Fsp3) is 0.130. The molecule has 2 N–H and O–H groups in total. The lowest BCUT2D eigenvalue weighted by molar-refractivity contribution is -0.147. The first-order valence-electron chi connectivity index (χ1n) is 9.47. The minimum atomic E-state index is -0.771. The number of hydrogen-bond donors (Lipinski definition) is 2. The van der Waals surface area contributed by atoms with Crippen LogP contribution in [0.3, 0.4) is 0 Å². The SMILES string of the molecule is C[C@@H](OC(=O)CNC(=O)c1ccc2ccccc2c1)c1nc2ccccc2c(=O)[nH]1. The van der Waals surface area contributed by atoms with E-state index in [2.05, 4.69) is 15.3 Å². The standard InChI is InChI=1S/C23H19N3O4/c1-14(21-25-19-9-5-4-8-18(19)23(29)26-21)30-20(27)13-24-22(28)17-11-10-15-6-2-3-7-16(15)12-17/h2-12,14H,13H2,1H3,(H,24,28)(H,25,26,29)/t14-/m1/s1. The van der Waals surface area contributed by atoms with Crippen LogP contribution in [0, 0.1) is 0 Å². The van der Waals surface area contributed by atoms with Crippen molar-refractivity contribution in [2.45, 2.75) is 13.0 Å². The van der Waals surface area contributed by atoms with Gasteiger partial charge in [0, 0.05) is 5.56 Å². The molecule has 1 heterocycles. The van der Waals surface area contributed by atoms with Gasteiger partial charge in [-0.25, -0.2) is 4.98 Å². The van der Waals surface area contributed by atoms with Gasteiger partial charge >= 0.3 is 5.97 Å². The number of carbonyl (C=O) groups excluding carboxylic acids is 2. The van der Waals surface area contributed by atoms with Crippen LogP contribution in [0.15, 0.2) is 71.5 Å². The summed E-state index contributed by atoms with van der Waals surface area (Å²) < 4.78 is 5.31. The van der Waals surface area contributed by atoms with Crippen molar-refractivity contribution in [1.82, 2.24) is 15.3 Å². The lowest BCUT2D eigenvalue weighted by atomic mass is 10.1. The summed E-state index contributed by atoms with van der Waals surface area (Å²) in [5.41, 5.74) is 0.668. The van der Waals surface area contributed by atoms with Crippen LogP contribution < -0.4 is 10.9 Å². The number of amides is 1. The quantitative estimate of drug-likeness (QED) is 0.501. The van der Waals surface area contributed by atoms with E-state index >= 15 is 0 Å². The molecule has 0 fully saturated rings. The normalized spacial score (nSPS) is 11.9. The zero-order valence-electron chi connectivity index (χ0n) is 16.2. The van der Waals surface area contributed by atoms with Crippen LogP contribution in [0.4, 0.5) is 0 Å². The van der Waals surface area contributed by atoms with Gasteiger partial charge in [0.15, 0.2) is 11.9 Å². The molecule has 7 heteroatoms. The second-order valence-electron chi connectivity index (χ2n) is 6.85. The summed E-state index contributed by atoms with van der Waals surface area (Å²) in [5.74, 6) is -0.761. The Kier molecular flexibility index (Phi) is 5.26. The topological polar surface area (TPSA) is 101 Å². The minimum absolute atomic E-state index is 0.243. The van der Waals surface area contributed by atoms with E-state index in [1.54, 1.807) is 43.3 Å². The van der Waals surface area contributed by atoms with Crippen molar-refractivity contribution < 1.29 is 14.3 Å². The van der Waals surface area contributed by atoms with Gasteiger partial charge in [0.2, 0.25) is 0 Å². The van der Waals surface area contributed by atoms with Crippen LogP contribution in [0.25, 0.3) is 21.7 Å². The first kappa shape index (κ1) is 19.3. The second-order valence-corrected chi connectivity index (χ2v) is 6.85. The average Bonchev–Trinajstić information content (AvgIpc) is 2.77. The van der Waals surface area contributed by atoms with Crippen molar-refractivity contribution in [1.29, 1.82) is 0 Å². The first-order chi connectivity index (χ1) is 14.5. The summed E-state index contributed by atoms with van der Waals surface area (Å²) in [4.78, 5) is 43.7. The number of H-pyrrole nitrogens is 1. The number of aromatic amines is 1. The molecular weight excluding hydrogens is 382 g/mol. The molecule has 1 aromatic heterocycles. The van der Waals surface area contributed by atoms with Crippen LogP contribution in [-0.2, 0) is 9.53 Å². The van der Waals surface area contributed by atoms with E-state index in [0.717, 1.165) is 10.8 Å². The van der Waals surface area contributed by atoms with Crippen LogP contribution in [0.2, 0.25) is 0 Å². The van der Waals surface area contributed by atoms with Crippen molar-refractivity contribution in [2.75, 3.05) is 6.54 Å². The third-order valence-electron chi connectivity index (χ3n) is 4.73. The molecule has 0 spiro atoms. The number of benzene rings is 3. The zero-order chi connectivity index (χ0) is 21.1. The van der Waals surface area contributed by atoms with Gasteiger partial charge in [-0.3, -0.25) is 14.4 Å². The van der Waals surface area contributed by atoms with E-state index in [4.69, 9.17) is 4.74 Å². The van der Waals surface area contributed by atoms with Crippen LogP contribution >= 0.6 is 0 Å². The van der Waals surface area contributed by atoms with Crippen molar-refractivity contribution in [3.05, 3.63) is 88.5 Å². The highest BCUT2D eigenvalue weighted by atomic mass is 16.5. The molecule has 3 aromatic carbocycles. The molecule has 0 radical (unpaired) electrons. The number of hydrogen-bond acceptors (Lipinski definition) is 5. The predicted octanol–water partition coefficient (Wildman–Crippen LogP) is 3.11. The highest BCUT2D eigenvalue weighted by Crippen LogP contribution is 2.16. The number of ether oxygens (including phenoxy) is 1. The lowest BCUT2D eigenvalue weighted by Gasteiger charge is -2.13. The third kappa shape index (κ3) is 4.05. The molecule has 1 atom stereocenters. The van der Waals surface area contributed by atoms with E-state index in [1.165, 1.54) is 0 Å². The lowest BCUT2D eigenvalue weighted by Crippen LogP contribution is -2.31. The molecule has 150 valence electrons. The van der Waals surface area contributed by atoms with E-state index in [9.17, 15) is 14.4 Å². The van der Waals surface area contributed by atoms with Gasteiger partial charge in [0.05, 0.1) is 10.9 Å². The molecular formula is C23H19N3O4. The minimum Gasteiger partial charge on any atom is -0.453 e. The Hall–Kier alpha value is -4.00. The monoisotopic (exact) mass is 401 g/mol. The van der Waals surface area contributed by atoms with Crippen molar-refractivity contribution in [3.63, 3.8) is 0 Å². The first-order valence-corrected chi connectivity index (χ1v) is 9.47. The number of nitrogens with one attached hydrogen (secondary N) is 2. The maximum absolute atomic E-state index is 12.4. The van der Waals surface area contributed by atoms with Gasteiger partial charge in [0.25, 0.3) is 11.5 Å². The Labute approximate surface area is 171 Å². The average molecular weight is 401 g/mol. The Morgan fingerprint density at radius 1 is 1.03 bits per heavy atom. The summed E-state index contributed by atoms with van der Waals surface area (Å²) in [7, 11) is 0. The molecule has 4 rings (SSSR count). The molecule has 0 saturated carbocycles. The van der Waals surface area contributed by atoms with Gasteiger partial charge in [-0.2, -0.15) is 0 Å². The number of fused-ring (bicyclic) bond motifs is 2. The maximum Gasteiger partial charge on any atom is 0.326 e. The van der Waals surface area contributed by atoms with Crippen LogP contribution in [0.5, 0.6) is 0 Å². The number of nitrogens with zero attached hydrogens (tertiary/aromatic N) is 1. The summed E-state index contributed by atoms with van der Waals surface area (Å²) in [6, 6.07) is 19.9. The van der Waals surface area contributed by atoms with Gasteiger partial charge in [-0.15, -0.1) is 0 Å². The molecule has 0 aliphatic heterocycles. The van der Waals surface area contributed by atoms with Crippen molar-refractivity contribution in [3.8, 4) is 0 Å². The van der Waals surface area contributed by atoms with E-state index in [0.29, 0.717) is 16.5 Å².